The number of para-hydroxylation sites is 2. The molecule has 166 valence electrons. The number of benzene rings is 3. The lowest BCUT2D eigenvalue weighted by molar-refractivity contribution is -0.384. The number of hydrogen-bond acceptors (Lipinski definition) is 6. The maximum atomic E-state index is 13.3. The van der Waals surface area contributed by atoms with E-state index in [2.05, 4.69) is 0 Å². The molecule has 1 amide bonds. The number of carbonyl (C=O) groups excluding carboxylic acids is 1. The SMILES string of the molecule is O=C1C(=Cc2ccc(-c3ccc([N+](=O)[O-])cc3)o2)SC(=Nc2ccccc2)N1c1ccccc1. The summed E-state index contributed by atoms with van der Waals surface area (Å²) in [4.78, 5) is 30.5. The molecule has 0 N–H and O–H groups in total. The maximum Gasteiger partial charge on any atom is 0.271 e. The summed E-state index contributed by atoms with van der Waals surface area (Å²) in [6.07, 6.45) is 1.69. The molecule has 0 bridgehead atoms. The number of nitrogens with zero attached hydrogens (tertiary/aromatic N) is 3. The van der Waals surface area contributed by atoms with Gasteiger partial charge in [-0.05, 0) is 60.3 Å². The zero-order valence-corrected chi connectivity index (χ0v) is 18.5. The Morgan fingerprint density at radius 1 is 0.882 bits per heavy atom. The molecule has 0 saturated carbocycles. The van der Waals surface area contributed by atoms with Crippen molar-refractivity contribution in [3.8, 4) is 11.3 Å². The van der Waals surface area contributed by atoms with Crippen molar-refractivity contribution in [1.82, 2.24) is 0 Å². The van der Waals surface area contributed by atoms with E-state index < -0.39 is 4.92 Å². The molecule has 5 rings (SSSR count). The molecule has 7 nitrogen and oxygen atoms in total. The van der Waals surface area contributed by atoms with Gasteiger partial charge in [0.1, 0.15) is 11.5 Å². The zero-order valence-electron chi connectivity index (χ0n) is 17.7. The first-order chi connectivity index (χ1) is 16.6. The fourth-order valence-corrected chi connectivity index (χ4v) is 4.41. The predicted octanol–water partition coefficient (Wildman–Crippen LogP) is 6.66. The molecule has 4 aromatic rings. The summed E-state index contributed by atoms with van der Waals surface area (Å²) in [6.45, 7) is 0. The maximum absolute atomic E-state index is 13.3. The minimum absolute atomic E-state index is 0.0110. The van der Waals surface area contributed by atoms with Crippen molar-refractivity contribution in [3.63, 3.8) is 0 Å². The standard InChI is InChI=1S/C26H17N3O4S/c30-25-24(17-22-15-16-23(33-22)18-11-13-21(14-12-18)29(31)32)34-26(27-19-7-3-1-4-8-19)28(25)20-9-5-2-6-10-20/h1-17H. The van der Waals surface area contributed by atoms with Gasteiger partial charge in [-0.15, -0.1) is 0 Å². The second-order valence-corrected chi connectivity index (χ2v) is 8.33. The third-order valence-electron chi connectivity index (χ3n) is 5.06. The van der Waals surface area contributed by atoms with Crippen LogP contribution in [0.3, 0.4) is 0 Å². The van der Waals surface area contributed by atoms with Crippen molar-refractivity contribution in [2.75, 3.05) is 4.90 Å². The smallest absolute Gasteiger partial charge is 0.271 e. The Bertz CT molecular complexity index is 1410. The van der Waals surface area contributed by atoms with E-state index >= 15 is 0 Å². The predicted molar refractivity (Wildman–Crippen MR) is 134 cm³/mol. The average molecular weight is 468 g/mol. The number of nitro groups is 1. The van der Waals surface area contributed by atoms with Gasteiger partial charge in [0.15, 0.2) is 5.17 Å². The van der Waals surface area contributed by atoms with Crippen LogP contribution in [0.5, 0.6) is 0 Å². The molecular formula is C26H17N3O4S. The third kappa shape index (κ3) is 4.39. The van der Waals surface area contributed by atoms with Crippen molar-refractivity contribution >= 4 is 46.0 Å². The Kier molecular flexibility index (Phi) is 5.80. The second-order valence-electron chi connectivity index (χ2n) is 7.32. The van der Waals surface area contributed by atoms with Gasteiger partial charge in [0.25, 0.3) is 11.6 Å². The summed E-state index contributed by atoms with van der Waals surface area (Å²) >= 11 is 1.27. The van der Waals surface area contributed by atoms with E-state index in [-0.39, 0.29) is 11.6 Å². The quantitative estimate of drug-likeness (QED) is 0.186. The van der Waals surface area contributed by atoms with Crippen LogP contribution in [-0.4, -0.2) is 16.0 Å². The topological polar surface area (TPSA) is 88.9 Å². The van der Waals surface area contributed by atoms with E-state index in [1.807, 2.05) is 60.7 Å². The van der Waals surface area contributed by atoms with Gasteiger partial charge < -0.3 is 4.42 Å². The number of furan rings is 1. The molecule has 0 unspecified atom stereocenters. The van der Waals surface area contributed by atoms with Gasteiger partial charge in [-0.1, -0.05) is 36.4 Å². The Hall–Kier alpha value is -4.43. The molecule has 0 radical (unpaired) electrons. The number of carbonyl (C=O) groups is 1. The van der Waals surface area contributed by atoms with Crippen molar-refractivity contribution < 1.29 is 14.1 Å². The monoisotopic (exact) mass is 467 g/mol. The van der Waals surface area contributed by atoms with Crippen molar-refractivity contribution in [2.45, 2.75) is 0 Å². The average Bonchev–Trinajstić information content (AvgIpc) is 3.45. The summed E-state index contributed by atoms with van der Waals surface area (Å²) in [5.41, 5.74) is 2.19. The molecule has 1 fully saturated rings. The summed E-state index contributed by atoms with van der Waals surface area (Å²) in [7, 11) is 0. The van der Waals surface area contributed by atoms with E-state index in [0.717, 1.165) is 11.4 Å². The van der Waals surface area contributed by atoms with E-state index in [1.165, 1.54) is 23.9 Å². The Morgan fingerprint density at radius 2 is 1.56 bits per heavy atom. The van der Waals surface area contributed by atoms with Crippen LogP contribution in [0.2, 0.25) is 0 Å². The molecular weight excluding hydrogens is 450 g/mol. The van der Waals surface area contributed by atoms with Gasteiger partial charge in [0.05, 0.1) is 21.2 Å². The lowest BCUT2D eigenvalue weighted by Crippen LogP contribution is -2.28. The normalized spacial score (nSPS) is 15.9. The molecule has 0 aliphatic carbocycles. The van der Waals surface area contributed by atoms with E-state index in [4.69, 9.17) is 9.41 Å². The number of amidine groups is 1. The van der Waals surface area contributed by atoms with Crippen LogP contribution in [0.4, 0.5) is 17.1 Å². The van der Waals surface area contributed by atoms with E-state index in [1.54, 1.807) is 35.2 Å². The lowest BCUT2D eigenvalue weighted by atomic mass is 10.1. The fraction of sp³-hybridized carbons (Fsp3) is 0. The molecule has 1 aliphatic heterocycles. The zero-order chi connectivity index (χ0) is 23.5. The largest absolute Gasteiger partial charge is 0.457 e. The minimum atomic E-state index is -0.447. The molecule has 2 heterocycles. The van der Waals surface area contributed by atoms with Crippen LogP contribution >= 0.6 is 11.8 Å². The number of amides is 1. The number of nitro benzene ring substituents is 1. The first-order valence-electron chi connectivity index (χ1n) is 10.4. The van der Waals surface area contributed by atoms with E-state index in [9.17, 15) is 14.9 Å². The highest BCUT2D eigenvalue weighted by Crippen LogP contribution is 2.37. The van der Waals surface area contributed by atoms with Crippen molar-refractivity contribution in [3.05, 3.63) is 118 Å². The van der Waals surface area contributed by atoms with Crippen LogP contribution in [0.25, 0.3) is 17.4 Å². The number of non-ortho nitro benzene ring substituents is 1. The number of rotatable bonds is 5. The first-order valence-corrected chi connectivity index (χ1v) is 11.2. The van der Waals surface area contributed by atoms with Gasteiger partial charge >= 0.3 is 0 Å². The molecule has 0 atom stereocenters. The molecule has 34 heavy (non-hydrogen) atoms. The molecule has 0 spiro atoms. The van der Waals surface area contributed by atoms with E-state index in [0.29, 0.717) is 27.2 Å². The highest BCUT2D eigenvalue weighted by Gasteiger charge is 2.35. The molecule has 8 heteroatoms. The van der Waals surface area contributed by atoms with Crippen molar-refractivity contribution in [1.29, 1.82) is 0 Å². The Labute approximate surface area is 199 Å². The summed E-state index contributed by atoms with van der Waals surface area (Å²) in [6, 6.07) is 28.5. The Morgan fingerprint density at radius 3 is 2.24 bits per heavy atom. The van der Waals surface area contributed by atoms with Gasteiger partial charge in [0, 0.05) is 23.8 Å². The van der Waals surface area contributed by atoms with Crippen LogP contribution in [-0.2, 0) is 4.79 Å². The van der Waals surface area contributed by atoms with Gasteiger partial charge in [-0.2, -0.15) is 0 Å². The lowest BCUT2D eigenvalue weighted by Gasteiger charge is -2.15. The van der Waals surface area contributed by atoms with Gasteiger partial charge in [0.2, 0.25) is 0 Å². The molecule has 1 aromatic heterocycles. The van der Waals surface area contributed by atoms with Crippen LogP contribution < -0.4 is 4.90 Å². The van der Waals surface area contributed by atoms with Crippen LogP contribution in [0.15, 0.2) is 111 Å². The number of anilines is 1. The molecule has 1 saturated heterocycles. The number of aliphatic imine (C=N–C) groups is 1. The minimum Gasteiger partial charge on any atom is -0.457 e. The van der Waals surface area contributed by atoms with Crippen molar-refractivity contribution in [2.24, 2.45) is 4.99 Å². The van der Waals surface area contributed by atoms with Crippen LogP contribution in [0.1, 0.15) is 5.76 Å². The van der Waals surface area contributed by atoms with Gasteiger partial charge in [-0.25, -0.2) is 4.99 Å². The second kappa shape index (κ2) is 9.21. The third-order valence-corrected chi connectivity index (χ3v) is 6.03. The number of thioether (sulfide) groups is 1. The summed E-state index contributed by atoms with van der Waals surface area (Å²) < 4.78 is 5.90. The Balaban J connectivity index is 1.47. The number of hydrogen-bond donors (Lipinski definition) is 0. The fourth-order valence-electron chi connectivity index (χ4n) is 3.43. The highest BCUT2D eigenvalue weighted by atomic mass is 32.2. The summed E-state index contributed by atoms with van der Waals surface area (Å²) in [5, 5.41) is 11.4. The molecule has 3 aromatic carbocycles. The first kappa shape index (κ1) is 21.4. The van der Waals surface area contributed by atoms with Gasteiger partial charge in [-0.3, -0.25) is 19.8 Å². The highest BCUT2D eigenvalue weighted by molar-refractivity contribution is 8.19. The summed E-state index contributed by atoms with van der Waals surface area (Å²) in [5.74, 6) is 0.854. The van der Waals surface area contributed by atoms with Crippen LogP contribution in [0, 0.1) is 10.1 Å². The molecule has 1 aliphatic rings.